The Hall–Kier alpha value is -1.74. The number of sulfone groups is 1. The van der Waals surface area contributed by atoms with Crippen molar-refractivity contribution in [2.75, 3.05) is 35.2 Å². The van der Waals surface area contributed by atoms with Crippen molar-refractivity contribution in [3.8, 4) is 0 Å². The fourth-order valence-electron chi connectivity index (χ4n) is 3.94. The Bertz CT molecular complexity index is 1040. The smallest absolute Gasteiger partial charge is 0.239 e. The van der Waals surface area contributed by atoms with Crippen LogP contribution in [0.2, 0.25) is 0 Å². The summed E-state index contributed by atoms with van der Waals surface area (Å²) >= 11 is 3.39. The van der Waals surface area contributed by atoms with E-state index in [1.54, 1.807) is 9.80 Å². The van der Waals surface area contributed by atoms with Crippen molar-refractivity contribution >= 4 is 37.3 Å². The molecule has 1 aromatic heterocycles. The van der Waals surface area contributed by atoms with Crippen LogP contribution in [0.1, 0.15) is 25.3 Å². The van der Waals surface area contributed by atoms with Crippen molar-refractivity contribution in [1.82, 2.24) is 4.98 Å². The van der Waals surface area contributed by atoms with Crippen LogP contribution in [0.25, 0.3) is 0 Å². The Balaban J connectivity index is 1.77. The van der Waals surface area contributed by atoms with Crippen molar-refractivity contribution in [3.05, 3.63) is 46.1 Å². The summed E-state index contributed by atoms with van der Waals surface area (Å²) in [6, 6.07) is 7.44. The third-order valence-electron chi connectivity index (χ3n) is 5.61. The fraction of sp³-hybridized carbons (Fsp3) is 0.450. The van der Waals surface area contributed by atoms with Gasteiger partial charge in [0.25, 0.3) is 0 Å². The lowest BCUT2D eigenvalue weighted by atomic mass is 9.99. The van der Waals surface area contributed by atoms with E-state index >= 15 is 8.78 Å². The topological polar surface area (TPSA) is 53.5 Å². The molecule has 0 atom stereocenters. The highest BCUT2D eigenvalue weighted by Crippen LogP contribution is 2.39. The summed E-state index contributed by atoms with van der Waals surface area (Å²) in [6.07, 6.45) is 1.67. The maximum absolute atomic E-state index is 15.4. The molecule has 0 saturated carbocycles. The zero-order chi connectivity index (χ0) is 20.8. The zero-order valence-corrected chi connectivity index (χ0v) is 18.4. The third kappa shape index (κ3) is 3.99. The fourth-order valence-corrected chi connectivity index (χ4v) is 5.92. The van der Waals surface area contributed by atoms with Crippen LogP contribution >= 0.6 is 15.9 Å². The standard InChI is InChI=1S/C20H22BrF2N3O2S/c1-13-5-7-25(8-6-13)20-16(22)18-17(19(23)24-20)26(9-10-29(18,27)28)12-14-3-2-4-15(21)11-14/h2-4,11,13H,5-10,12H2,1H3. The van der Waals surface area contributed by atoms with Crippen molar-refractivity contribution in [3.63, 3.8) is 0 Å². The van der Waals surface area contributed by atoms with Gasteiger partial charge in [-0.25, -0.2) is 12.8 Å². The largest absolute Gasteiger partial charge is 0.361 e. The van der Waals surface area contributed by atoms with E-state index in [0.29, 0.717) is 19.0 Å². The van der Waals surface area contributed by atoms with Gasteiger partial charge in [-0.1, -0.05) is 35.0 Å². The Morgan fingerprint density at radius 2 is 1.93 bits per heavy atom. The molecule has 156 valence electrons. The summed E-state index contributed by atoms with van der Waals surface area (Å²) in [5.74, 6) is -1.82. The number of rotatable bonds is 3. The van der Waals surface area contributed by atoms with Crippen LogP contribution in [0.3, 0.4) is 0 Å². The Morgan fingerprint density at radius 3 is 2.62 bits per heavy atom. The molecule has 0 unspecified atom stereocenters. The lowest BCUT2D eigenvalue weighted by molar-refractivity contribution is 0.426. The second-order valence-corrected chi connectivity index (χ2v) is 10.7. The van der Waals surface area contributed by atoms with Crippen molar-refractivity contribution in [2.45, 2.75) is 31.2 Å². The molecule has 1 fully saturated rings. The molecule has 9 heteroatoms. The summed E-state index contributed by atoms with van der Waals surface area (Å²) in [6.45, 7) is 3.52. The molecule has 0 N–H and O–H groups in total. The maximum atomic E-state index is 15.4. The molecule has 3 heterocycles. The first-order valence-corrected chi connectivity index (χ1v) is 12.1. The van der Waals surface area contributed by atoms with Gasteiger partial charge in [0.2, 0.25) is 5.95 Å². The number of halogens is 3. The van der Waals surface area contributed by atoms with Crippen LogP contribution in [-0.4, -0.2) is 38.8 Å². The minimum atomic E-state index is -3.93. The molecule has 29 heavy (non-hydrogen) atoms. The molecular weight excluding hydrogens is 464 g/mol. The van der Waals surface area contributed by atoms with Gasteiger partial charge < -0.3 is 9.80 Å². The number of piperidine rings is 1. The molecule has 2 aromatic rings. The van der Waals surface area contributed by atoms with Gasteiger partial charge in [0.05, 0.1) is 5.75 Å². The molecule has 0 aliphatic carbocycles. The van der Waals surface area contributed by atoms with Crippen LogP contribution in [0.4, 0.5) is 20.3 Å². The molecule has 1 aromatic carbocycles. The third-order valence-corrected chi connectivity index (χ3v) is 7.82. The van der Waals surface area contributed by atoms with Gasteiger partial charge in [-0.3, -0.25) is 0 Å². The van der Waals surface area contributed by atoms with Crippen LogP contribution in [0, 0.1) is 17.7 Å². The van der Waals surface area contributed by atoms with Crippen LogP contribution in [-0.2, 0) is 16.4 Å². The van der Waals surface area contributed by atoms with E-state index in [1.807, 2.05) is 24.3 Å². The normalized spacial score (nSPS) is 19.3. The summed E-state index contributed by atoms with van der Waals surface area (Å²) in [5.41, 5.74) is 0.598. The van der Waals surface area contributed by atoms with Crippen molar-refractivity contribution in [1.29, 1.82) is 0 Å². The number of nitrogens with zero attached hydrogens (tertiary/aromatic N) is 3. The van der Waals surface area contributed by atoms with Gasteiger partial charge in [0.1, 0.15) is 10.6 Å². The van der Waals surface area contributed by atoms with Gasteiger partial charge >= 0.3 is 0 Å². The van der Waals surface area contributed by atoms with E-state index in [0.717, 1.165) is 22.9 Å². The summed E-state index contributed by atoms with van der Waals surface area (Å²) in [4.78, 5) is 6.54. The summed E-state index contributed by atoms with van der Waals surface area (Å²) < 4.78 is 56.8. The number of hydrogen-bond acceptors (Lipinski definition) is 5. The van der Waals surface area contributed by atoms with Crippen LogP contribution in [0.15, 0.2) is 33.6 Å². The summed E-state index contributed by atoms with van der Waals surface area (Å²) in [7, 11) is -3.93. The van der Waals surface area contributed by atoms with E-state index in [-0.39, 0.29) is 30.3 Å². The highest BCUT2D eigenvalue weighted by Gasteiger charge is 2.38. The molecule has 2 aliphatic rings. The molecule has 0 radical (unpaired) electrons. The van der Waals surface area contributed by atoms with Crippen molar-refractivity contribution in [2.24, 2.45) is 5.92 Å². The number of anilines is 2. The predicted octanol–water partition coefficient (Wildman–Crippen LogP) is 4.15. The highest BCUT2D eigenvalue weighted by atomic mass is 79.9. The SMILES string of the molecule is CC1CCN(c2nc(F)c3c(c2F)S(=O)(=O)CCN3Cc2cccc(Br)c2)CC1. The Kier molecular flexibility index (Phi) is 5.54. The van der Waals surface area contributed by atoms with E-state index < -0.39 is 26.5 Å². The van der Waals surface area contributed by atoms with Gasteiger partial charge in [-0.05, 0) is 36.5 Å². The van der Waals surface area contributed by atoms with Crippen molar-refractivity contribution < 1.29 is 17.2 Å². The summed E-state index contributed by atoms with van der Waals surface area (Å²) in [5, 5.41) is 0. The maximum Gasteiger partial charge on any atom is 0.239 e. The van der Waals surface area contributed by atoms with E-state index in [2.05, 4.69) is 27.8 Å². The first kappa shape index (κ1) is 20.5. The van der Waals surface area contributed by atoms with Crippen LogP contribution in [0.5, 0.6) is 0 Å². The number of hydrogen-bond donors (Lipinski definition) is 0. The zero-order valence-electron chi connectivity index (χ0n) is 16.0. The molecule has 5 nitrogen and oxygen atoms in total. The Morgan fingerprint density at radius 1 is 1.21 bits per heavy atom. The van der Waals surface area contributed by atoms with E-state index in [9.17, 15) is 8.42 Å². The predicted molar refractivity (Wildman–Crippen MR) is 112 cm³/mol. The molecular formula is C20H22BrF2N3O2S. The first-order chi connectivity index (χ1) is 13.8. The van der Waals surface area contributed by atoms with Crippen LogP contribution < -0.4 is 9.80 Å². The van der Waals surface area contributed by atoms with E-state index in [1.165, 1.54) is 0 Å². The average molecular weight is 486 g/mol. The lowest BCUT2D eigenvalue weighted by Crippen LogP contribution is -2.39. The molecule has 0 spiro atoms. The molecule has 4 rings (SSSR count). The number of fused-ring (bicyclic) bond motifs is 1. The average Bonchev–Trinajstić information content (AvgIpc) is 2.67. The second kappa shape index (κ2) is 7.83. The Labute approximate surface area is 177 Å². The lowest BCUT2D eigenvalue weighted by Gasteiger charge is -2.35. The number of pyridine rings is 1. The minimum Gasteiger partial charge on any atom is -0.361 e. The quantitative estimate of drug-likeness (QED) is 0.611. The monoisotopic (exact) mass is 485 g/mol. The van der Waals surface area contributed by atoms with Gasteiger partial charge in [-0.2, -0.15) is 9.37 Å². The molecule has 0 bridgehead atoms. The molecule has 0 amide bonds. The number of aromatic nitrogens is 1. The molecule has 1 saturated heterocycles. The van der Waals surface area contributed by atoms with Gasteiger partial charge in [0.15, 0.2) is 21.5 Å². The van der Waals surface area contributed by atoms with Gasteiger partial charge in [0, 0.05) is 30.7 Å². The minimum absolute atomic E-state index is 0.0838. The van der Waals surface area contributed by atoms with E-state index in [4.69, 9.17) is 0 Å². The number of benzene rings is 1. The first-order valence-electron chi connectivity index (χ1n) is 9.62. The second-order valence-electron chi connectivity index (χ2n) is 7.76. The highest BCUT2D eigenvalue weighted by molar-refractivity contribution is 9.10. The molecule has 2 aliphatic heterocycles. The van der Waals surface area contributed by atoms with Gasteiger partial charge in [-0.15, -0.1) is 0 Å².